The molecule has 1 aromatic carbocycles. The molecule has 0 unspecified atom stereocenters. The standard InChI is InChI=1S/C14H13F3N2OS/c1-20-10-4-2-3-5-11(10)21-13-9(8-18)6-7-12(19-13)14(15,16)17/h2-7H,8,18H2,1H3. The Hall–Kier alpha value is -1.73. The lowest BCUT2D eigenvalue weighted by atomic mass is 10.2. The Balaban J connectivity index is 2.42. The van der Waals surface area contributed by atoms with Gasteiger partial charge in [0.25, 0.3) is 0 Å². The fraction of sp³-hybridized carbons (Fsp3) is 0.214. The van der Waals surface area contributed by atoms with Crippen LogP contribution in [0.5, 0.6) is 5.75 Å². The number of nitrogens with zero attached hydrogens (tertiary/aromatic N) is 1. The normalized spacial score (nSPS) is 11.5. The van der Waals surface area contributed by atoms with E-state index in [0.29, 0.717) is 16.2 Å². The van der Waals surface area contributed by atoms with Crippen LogP contribution in [0.1, 0.15) is 11.3 Å². The summed E-state index contributed by atoms with van der Waals surface area (Å²) in [5, 5.41) is 0.233. The fourth-order valence-electron chi connectivity index (χ4n) is 1.68. The van der Waals surface area contributed by atoms with Crippen LogP contribution in [-0.4, -0.2) is 12.1 Å². The SMILES string of the molecule is COc1ccccc1Sc1nc(C(F)(F)F)ccc1CN. The molecular formula is C14H13F3N2OS. The number of hydrogen-bond acceptors (Lipinski definition) is 4. The molecule has 0 aliphatic carbocycles. The van der Waals surface area contributed by atoms with Crippen molar-refractivity contribution in [2.75, 3.05) is 7.11 Å². The van der Waals surface area contributed by atoms with Crippen molar-refractivity contribution in [2.24, 2.45) is 5.73 Å². The van der Waals surface area contributed by atoms with E-state index >= 15 is 0 Å². The van der Waals surface area contributed by atoms with E-state index in [9.17, 15) is 13.2 Å². The van der Waals surface area contributed by atoms with Crippen molar-refractivity contribution >= 4 is 11.8 Å². The summed E-state index contributed by atoms with van der Waals surface area (Å²) in [5.74, 6) is 0.574. The third-order valence-corrected chi connectivity index (χ3v) is 3.83. The Morgan fingerprint density at radius 3 is 2.52 bits per heavy atom. The number of nitrogens with two attached hydrogens (primary N) is 1. The van der Waals surface area contributed by atoms with E-state index in [1.54, 1.807) is 24.3 Å². The Bertz CT molecular complexity index is 632. The van der Waals surface area contributed by atoms with Crippen LogP contribution in [0.2, 0.25) is 0 Å². The molecular weight excluding hydrogens is 301 g/mol. The van der Waals surface area contributed by atoms with Gasteiger partial charge in [-0.25, -0.2) is 4.98 Å². The Morgan fingerprint density at radius 1 is 1.19 bits per heavy atom. The predicted molar refractivity (Wildman–Crippen MR) is 74.2 cm³/mol. The molecule has 2 N–H and O–H groups in total. The average molecular weight is 314 g/mol. The highest BCUT2D eigenvalue weighted by Gasteiger charge is 2.33. The molecule has 0 saturated heterocycles. The minimum absolute atomic E-state index is 0.114. The maximum absolute atomic E-state index is 12.8. The van der Waals surface area contributed by atoms with Crippen LogP contribution in [0.25, 0.3) is 0 Å². The van der Waals surface area contributed by atoms with Crippen LogP contribution in [0.4, 0.5) is 13.2 Å². The molecule has 0 atom stereocenters. The van der Waals surface area contributed by atoms with Crippen molar-refractivity contribution in [2.45, 2.75) is 22.6 Å². The molecule has 1 aromatic heterocycles. The maximum Gasteiger partial charge on any atom is 0.433 e. The highest BCUT2D eigenvalue weighted by atomic mass is 32.2. The zero-order chi connectivity index (χ0) is 15.5. The average Bonchev–Trinajstić information content (AvgIpc) is 2.47. The molecule has 0 aliphatic heterocycles. The summed E-state index contributed by atoms with van der Waals surface area (Å²) in [6.07, 6.45) is -4.48. The summed E-state index contributed by atoms with van der Waals surface area (Å²) in [7, 11) is 1.50. The van der Waals surface area contributed by atoms with Gasteiger partial charge in [0.15, 0.2) is 0 Å². The summed E-state index contributed by atoms with van der Waals surface area (Å²) in [4.78, 5) is 4.37. The molecule has 0 fully saturated rings. The molecule has 7 heteroatoms. The van der Waals surface area contributed by atoms with Gasteiger partial charge in [-0.3, -0.25) is 0 Å². The number of methoxy groups -OCH3 is 1. The van der Waals surface area contributed by atoms with E-state index in [1.165, 1.54) is 13.2 Å². The van der Waals surface area contributed by atoms with Crippen LogP contribution in [-0.2, 0) is 12.7 Å². The Morgan fingerprint density at radius 2 is 1.90 bits per heavy atom. The topological polar surface area (TPSA) is 48.1 Å². The molecule has 0 bridgehead atoms. The maximum atomic E-state index is 12.8. The first-order valence-corrected chi connectivity index (χ1v) is 6.85. The first-order chi connectivity index (χ1) is 9.95. The van der Waals surface area contributed by atoms with E-state index < -0.39 is 11.9 Å². The van der Waals surface area contributed by atoms with Crippen molar-refractivity contribution in [3.05, 3.63) is 47.7 Å². The molecule has 2 rings (SSSR count). The monoisotopic (exact) mass is 314 g/mol. The van der Waals surface area contributed by atoms with Crippen molar-refractivity contribution < 1.29 is 17.9 Å². The van der Waals surface area contributed by atoms with Crippen molar-refractivity contribution in [3.63, 3.8) is 0 Å². The number of halogens is 3. The van der Waals surface area contributed by atoms with Crippen molar-refractivity contribution in [3.8, 4) is 5.75 Å². The largest absolute Gasteiger partial charge is 0.496 e. The zero-order valence-corrected chi connectivity index (χ0v) is 12.0. The number of benzene rings is 1. The third kappa shape index (κ3) is 3.68. The summed E-state index contributed by atoms with van der Waals surface area (Å²) in [6, 6.07) is 9.35. The second-order valence-electron chi connectivity index (χ2n) is 4.12. The smallest absolute Gasteiger partial charge is 0.433 e. The van der Waals surface area contributed by atoms with Crippen LogP contribution in [0, 0.1) is 0 Å². The summed E-state index contributed by atoms with van der Waals surface area (Å²) in [5.41, 5.74) is 5.19. The lowest BCUT2D eigenvalue weighted by Gasteiger charge is -2.12. The molecule has 0 radical (unpaired) electrons. The first-order valence-electron chi connectivity index (χ1n) is 6.03. The lowest BCUT2D eigenvalue weighted by molar-refractivity contribution is -0.141. The first kappa shape index (κ1) is 15.7. The van der Waals surface area contributed by atoms with Gasteiger partial charge in [0, 0.05) is 6.54 Å². The van der Waals surface area contributed by atoms with Crippen LogP contribution < -0.4 is 10.5 Å². The molecule has 3 nitrogen and oxygen atoms in total. The molecule has 0 aliphatic rings. The quantitative estimate of drug-likeness (QED) is 0.934. The second kappa shape index (κ2) is 6.36. The highest BCUT2D eigenvalue weighted by molar-refractivity contribution is 7.99. The number of rotatable bonds is 4. The van der Waals surface area contributed by atoms with E-state index in [-0.39, 0.29) is 11.6 Å². The highest BCUT2D eigenvalue weighted by Crippen LogP contribution is 2.37. The van der Waals surface area contributed by atoms with Gasteiger partial charge in [0.1, 0.15) is 16.5 Å². The minimum atomic E-state index is -4.48. The van der Waals surface area contributed by atoms with Crippen LogP contribution >= 0.6 is 11.8 Å². The molecule has 0 amide bonds. The van der Waals surface area contributed by atoms with Crippen molar-refractivity contribution in [1.29, 1.82) is 0 Å². The zero-order valence-electron chi connectivity index (χ0n) is 11.1. The molecule has 1 heterocycles. The van der Waals surface area contributed by atoms with Gasteiger partial charge in [-0.2, -0.15) is 13.2 Å². The van der Waals surface area contributed by atoms with Gasteiger partial charge in [-0.05, 0) is 23.8 Å². The van der Waals surface area contributed by atoms with Gasteiger partial charge in [0.05, 0.1) is 12.0 Å². The number of hydrogen-bond donors (Lipinski definition) is 1. The minimum Gasteiger partial charge on any atom is -0.496 e. The third-order valence-electron chi connectivity index (χ3n) is 2.73. The predicted octanol–water partition coefficient (Wildman–Crippen LogP) is 3.72. The Labute approximate surface area is 124 Å². The van der Waals surface area contributed by atoms with Gasteiger partial charge >= 0.3 is 6.18 Å². The number of para-hydroxylation sites is 1. The Kier molecular flexibility index (Phi) is 4.74. The van der Waals surface area contributed by atoms with E-state index in [1.807, 2.05) is 0 Å². The molecule has 21 heavy (non-hydrogen) atoms. The summed E-state index contributed by atoms with van der Waals surface area (Å²) >= 11 is 1.10. The van der Waals surface area contributed by atoms with Gasteiger partial charge < -0.3 is 10.5 Å². The molecule has 112 valence electrons. The number of alkyl halides is 3. The van der Waals surface area contributed by atoms with Gasteiger partial charge in [0.2, 0.25) is 0 Å². The molecule has 0 saturated carbocycles. The van der Waals surface area contributed by atoms with Gasteiger partial charge in [-0.1, -0.05) is 30.0 Å². The van der Waals surface area contributed by atoms with E-state index in [4.69, 9.17) is 10.5 Å². The number of pyridine rings is 1. The fourth-order valence-corrected chi connectivity index (χ4v) is 2.71. The summed E-state index contributed by atoms with van der Waals surface area (Å²) < 4.78 is 43.5. The van der Waals surface area contributed by atoms with E-state index in [2.05, 4.69) is 4.98 Å². The van der Waals surface area contributed by atoms with Gasteiger partial charge in [-0.15, -0.1) is 0 Å². The lowest BCUT2D eigenvalue weighted by Crippen LogP contribution is -2.10. The molecule has 2 aromatic rings. The second-order valence-corrected chi connectivity index (χ2v) is 5.15. The van der Waals surface area contributed by atoms with Crippen LogP contribution in [0.3, 0.4) is 0 Å². The number of ether oxygens (including phenoxy) is 1. The van der Waals surface area contributed by atoms with E-state index in [0.717, 1.165) is 17.8 Å². The molecule has 0 spiro atoms. The number of aromatic nitrogens is 1. The summed E-state index contributed by atoms with van der Waals surface area (Å²) in [6.45, 7) is 0.114. The van der Waals surface area contributed by atoms with Crippen molar-refractivity contribution in [1.82, 2.24) is 4.98 Å². The van der Waals surface area contributed by atoms with Crippen LogP contribution in [0.15, 0.2) is 46.3 Å².